The molecular weight excluding hydrogens is 184 g/mol. The van der Waals surface area contributed by atoms with Crippen molar-refractivity contribution in [2.75, 3.05) is 0 Å². The van der Waals surface area contributed by atoms with Crippen LogP contribution in [0.2, 0.25) is 0 Å². The number of aliphatic carboxylic acids is 1. The SMILES string of the molecule is CCC(C)(C(=O)C(C)N)C(N)C(=O)O. The van der Waals surface area contributed by atoms with Gasteiger partial charge in [-0.3, -0.25) is 9.59 Å². The predicted octanol–water partition coefficient (Wildman–Crippen LogP) is -0.269. The number of carbonyl (C=O) groups excluding carboxylic acids is 1. The molecular formula is C9H18N2O3. The Balaban J connectivity index is 4.97. The van der Waals surface area contributed by atoms with Gasteiger partial charge in [0.1, 0.15) is 6.04 Å². The maximum absolute atomic E-state index is 11.7. The van der Waals surface area contributed by atoms with Crippen molar-refractivity contribution >= 4 is 11.8 Å². The molecule has 5 nitrogen and oxygen atoms in total. The largest absolute Gasteiger partial charge is 0.480 e. The second-order valence-corrected chi connectivity index (χ2v) is 3.74. The Hall–Kier alpha value is -0.940. The molecule has 0 fully saturated rings. The first kappa shape index (κ1) is 13.1. The standard InChI is InChI=1S/C9H18N2O3/c1-4-9(3,6(11)8(13)14)7(12)5(2)10/h5-6H,4,10-11H2,1-3H3,(H,13,14). The van der Waals surface area contributed by atoms with Gasteiger partial charge in [0.05, 0.1) is 11.5 Å². The van der Waals surface area contributed by atoms with Crippen LogP contribution in [0, 0.1) is 5.41 Å². The first-order chi connectivity index (χ1) is 6.27. The maximum atomic E-state index is 11.7. The number of nitrogens with two attached hydrogens (primary N) is 2. The molecule has 0 amide bonds. The number of hydrogen-bond donors (Lipinski definition) is 3. The zero-order valence-corrected chi connectivity index (χ0v) is 8.78. The Morgan fingerprint density at radius 3 is 2.07 bits per heavy atom. The monoisotopic (exact) mass is 202 g/mol. The van der Waals surface area contributed by atoms with Crippen LogP contribution in [-0.4, -0.2) is 28.9 Å². The van der Waals surface area contributed by atoms with Crippen LogP contribution in [0.4, 0.5) is 0 Å². The third-order valence-corrected chi connectivity index (χ3v) is 2.66. The van der Waals surface area contributed by atoms with E-state index in [-0.39, 0.29) is 5.78 Å². The van der Waals surface area contributed by atoms with Crippen molar-refractivity contribution in [1.29, 1.82) is 0 Å². The van der Waals surface area contributed by atoms with E-state index in [2.05, 4.69) is 0 Å². The van der Waals surface area contributed by atoms with Gasteiger partial charge >= 0.3 is 5.97 Å². The molecule has 0 aliphatic carbocycles. The number of carboxylic acids is 1. The fourth-order valence-electron chi connectivity index (χ4n) is 1.34. The molecule has 0 radical (unpaired) electrons. The summed E-state index contributed by atoms with van der Waals surface area (Å²) < 4.78 is 0. The topological polar surface area (TPSA) is 106 Å². The van der Waals surface area contributed by atoms with E-state index in [9.17, 15) is 9.59 Å². The summed E-state index contributed by atoms with van der Waals surface area (Å²) in [6.07, 6.45) is 0.362. The normalized spacial score (nSPS) is 19.5. The van der Waals surface area contributed by atoms with Gasteiger partial charge in [0, 0.05) is 0 Å². The van der Waals surface area contributed by atoms with Gasteiger partial charge in [0.25, 0.3) is 0 Å². The fourth-order valence-corrected chi connectivity index (χ4v) is 1.34. The van der Waals surface area contributed by atoms with E-state index in [0.717, 1.165) is 0 Å². The van der Waals surface area contributed by atoms with Gasteiger partial charge in [-0.2, -0.15) is 0 Å². The quantitative estimate of drug-likeness (QED) is 0.569. The Labute approximate surface area is 83.5 Å². The molecule has 3 unspecified atom stereocenters. The van der Waals surface area contributed by atoms with Crippen molar-refractivity contribution in [3.8, 4) is 0 Å². The molecule has 0 aromatic heterocycles. The summed E-state index contributed by atoms with van der Waals surface area (Å²) in [4.78, 5) is 22.4. The van der Waals surface area contributed by atoms with Crippen LogP contribution in [0.1, 0.15) is 27.2 Å². The van der Waals surface area contributed by atoms with Gasteiger partial charge in [-0.05, 0) is 13.3 Å². The highest BCUT2D eigenvalue weighted by atomic mass is 16.4. The fraction of sp³-hybridized carbons (Fsp3) is 0.778. The van der Waals surface area contributed by atoms with E-state index in [1.165, 1.54) is 13.8 Å². The summed E-state index contributed by atoms with van der Waals surface area (Å²) in [5, 5.41) is 8.76. The molecule has 0 heterocycles. The van der Waals surface area contributed by atoms with Crippen molar-refractivity contribution in [2.45, 2.75) is 39.3 Å². The first-order valence-corrected chi connectivity index (χ1v) is 4.55. The van der Waals surface area contributed by atoms with Crippen LogP contribution in [-0.2, 0) is 9.59 Å². The Bertz CT molecular complexity index is 240. The van der Waals surface area contributed by atoms with Gasteiger partial charge in [0.2, 0.25) is 0 Å². The molecule has 82 valence electrons. The average Bonchev–Trinajstić information content (AvgIpc) is 2.13. The van der Waals surface area contributed by atoms with Crippen molar-refractivity contribution in [2.24, 2.45) is 16.9 Å². The highest BCUT2D eigenvalue weighted by molar-refractivity contribution is 5.94. The van der Waals surface area contributed by atoms with E-state index in [4.69, 9.17) is 16.6 Å². The lowest BCUT2D eigenvalue weighted by Gasteiger charge is -2.31. The number of carbonyl (C=O) groups is 2. The molecule has 0 bridgehead atoms. The Morgan fingerprint density at radius 2 is 1.86 bits per heavy atom. The summed E-state index contributed by atoms with van der Waals surface area (Å²) in [5.74, 6) is -1.49. The number of carboxylic acid groups (broad SMARTS) is 1. The van der Waals surface area contributed by atoms with Gasteiger partial charge in [-0.1, -0.05) is 13.8 Å². The lowest BCUT2D eigenvalue weighted by Crippen LogP contribution is -2.54. The molecule has 0 aromatic rings. The first-order valence-electron chi connectivity index (χ1n) is 4.55. The van der Waals surface area contributed by atoms with Crippen LogP contribution in [0.15, 0.2) is 0 Å². The van der Waals surface area contributed by atoms with Crippen LogP contribution >= 0.6 is 0 Å². The summed E-state index contributed by atoms with van der Waals surface area (Å²) in [5.41, 5.74) is 9.82. The maximum Gasteiger partial charge on any atom is 0.321 e. The molecule has 0 saturated heterocycles. The summed E-state index contributed by atoms with van der Waals surface area (Å²) in [6, 6.07) is -1.89. The number of ketones is 1. The van der Waals surface area contributed by atoms with Gasteiger partial charge in [-0.15, -0.1) is 0 Å². The van der Waals surface area contributed by atoms with E-state index < -0.39 is 23.5 Å². The minimum Gasteiger partial charge on any atom is -0.480 e. The second kappa shape index (κ2) is 4.52. The van der Waals surface area contributed by atoms with Crippen molar-refractivity contribution in [1.82, 2.24) is 0 Å². The zero-order valence-electron chi connectivity index (χ0n) is 8.78. The second-order valence-electron chi connectivity index (χ2n) is 3.74. The highest BCUT2D eigenvalue weighted by Crippen LogP contribution is 2.27. The van der Waals surface area contributed by atoms with Crippen molar-refractivity contribution in [3.05, 3.63) is 0 Å². The molecule has 5 heteroatoms. The minimum absolute atomic E-state index is 0.310. The van der Waals surface area contributed by atoms with Gasteiger partial charge in [0.15, 0.2) is 5.78 Å². The van der Waals surface area contributed by atoms with E-state index >= 15 is 0 Å². The Morgan fingerprint density at radius 1 is 1.43 bits per heavy atom. The smallest absolute Gasteiger partial charge is 0.321 e. The van der Waals surface area contributed by atoms with Crippen molar-refractivity contribution < 1.29 is 14.7 Å². The third-order valence-electron chi connectivity index (χ3n) is 2.66. The van der Waals surface area contributed by atoms with Crippen LogP contribution in [0.3, 0.4) is 0 Å². The molecule has 3 atom stereocenters. The minimum atomic E-state index is -1.20. The number of Topliss-reactive ketones (excluding diaryl/α,β-unsaturated/α-hetero) is 1. The van der Waals surface area contributed by atoms with Crippen LogP contribution in [0.5, 0.6) is 0 Å². The zero-order chi connectivity index (χ0) is 11.5. The Kier molecular flexibility index (Phi) is 4.22. The molecule has 0 saturated carbocycles. The lowest BCUT2D eigenvalue weighted by atomic mass is 9.74. The number of rotatable bonds is 5. The van der Waals surface area contributed by atoms with E-state index in [0.29, 0.717) is 6.42 Å². The molecule has 5 N–H and O–H groups in total. The molecule has 0 aliphatic rings. The van der Waals surface area contributed by atoms with Crippen LogP contribution in [0.25, 0.3) is 0 Å². The third kappa shape index (κ3) is 2.30. The highest BCUT2D eigenvalue weighted by Gasteiger charge is 2.42. The van der Waals surface area contributed by atoms with Crippen LogP contribution < -0.4 is 11.5 Å². The van der Waals surface area contributed by atoms with Crippen molar-refractivity contribution in [3.63, 3.8) is 0 Å². The average molecular weight is 202 g/mol. The molecule has 0 aromatic carbocycles. The summed E-state index contributed by atoms with van der Waals surface area (Å²) >= 11 is 0. The molecule has 0 rings (SSSR count). The van der Waals surface area contributed by atoms with E-state index in [1.807, 2.05) is 0 Å². The summed E-state index contributed by atoms with van der Waals surface area (Å²) in [6.45, 7) is 4.80. The van der Waals surface area contributed by atoms with E-state index in [1.54, 1.807) is 6.92 Å². The molecule has 0 aliphatic heterocycles. The molecule has 14 heavy (non-hydrogen) atoms. The predicted molar refractivity (Wildman–Crippen MR) is 52.7 cm³/mol. The lowest BCUT2D eigenvalue weighted by molar-refractivity contribution is -0.146. The van der Waals surface area contributed by atoms with Gasteiger partial charge < -0.3 is 16.6 Å². The summed E-state index contributed by atoms with van der Waals surface area (Å²) in [7, 11) is 0. The number of hydrogen-bond acceptors (Lipinski definition) is 4. The van der Waals surface area contributed by atoms with Gasteiger partial charge in [-0.25, -0.2) is 0 Å². The molecule has 0 spiro atoms.